The highest BCUT2D eigenvalue weighted by molar-refractivity contribution is 7.90. The highest BCUT2D eigenvalue weighted by Crippen LogP contribution is 2.21. The van der Waals surface area contributed by atoms with Crippen LogP contribution in [0.5, 0.6) is 0 Å². The van der Waals surface area contributed by atoms with Gasteiger partial charge >= 0.3 is 0 Å². The van der Waals surface area contributed by atoms with Gasteiger partial charge in [0, 0.05) is 50.2 Å². The third kappa shape index (κ3) is 5.84. The molecule has 1 amide bonds. The molecule has 2 aliphatic rings. The fraction of sp³-hybridized carbons (Fsp3) is 0.476. The summed E-state index contributed by atoms with van der Waals surface area (Å²) in [6.45, 7) is 6.24. The molecule has 9 nitrogen and oxygen atoms in total. The van der Waals surface area contributed by atoms with Crippen LogP contribution in [0.4, 0.5) is 10.8 Å². The van der Waals surface area contributed by atoms with E-state index < -0.39 is 10.0 Å². The standard InChI is InChI=1S/C21H28N6O3S2/c1-16-15-31-21(23-16)27-10-4-9-26(11-12-27)14-20(28)24-17-5-2-6-18(13-17)32(29,30)25-19-7-3-8-22-19/h2,5-6,13,15H,3-4,7-12,14H2,1H3,(H,22,25)(H,24,28). The van der Waals surface area contributed by atoms with Gasteiger partial charge in [0.1, 0.15) is 5.84 Å². The lowest BCUT2D eigenvalue weighted by Crippen LogP contribution is -2.36. The smallest absolute Gasteiger partial charge is 0.262 e. The quantitative estimate of drug-likeness (QED) is 0.661. The minimum atomic E-state index is -3.72. The van der Waals surface area contributed by atoms with Crippen LogP contribution in [-0.4, -0.2) is 69.3 Å². The van der Waals surface area contributed by atoms with E-state index in [1.165, 1.54) is 12.1 Å². The normalized spacial score (nSPS) is 17.7. The predicted molar refractivity (Wildman–Crippen MR) is 127 cm³/mol. The van der Waals surface area contributed by atoms with E-state index in [0.717, 1.165) is 49.8 Å². The Morgan fingerprint density at radius 1 is 1.19 bits per heavy atom. The topological polar surface area (TPSA) is 107 Å². The Hall–Kier alpha value is -2.50. The van der Waals surface area contributed by atoms with Crippen LogP contribution in [0.15, 0.2) is 39.5 Å². The van der Waals surface area contributed by atoms with Crippen molar-refractivity contribution in [3.8, 4) is 0 Å². The van der Waals surface area contributed by atoms with E-state index in [0.29, 0.717) is 24.5 Å². The Kier molecular flexibility index (Phi) is 7.07. The molecule has 0 bridgehead atoms. The molecule has 0 atom stereocenters. The van der Waals surface area contributed by atoms with Gasteiger partial charge in [0.05, 0.1) is 17.1 Å². The average Bonchev–Trinajstić information content (AvgIpc) is 3.36. The number of thiazole rings is 1. The first kappa shape index (κ1) is 22.7. The van der Waals surface area contributed by atoms with E-state index in [1.54, 1.807) is 23.5 Å². The SMILES string of the molecule is Cc1csc(N2CCCN(CC(=O)Nc3cccc(S(=O)(=O)NC4=NCCC4)c3)CC2)n1. The van der Waals surface area contributed by atoms with Crippen LogP contribution in [0, 0.1) is 6.92 Å². The van der Waals surface area contributed by atoms with Crippen LogP contribution in [0.25, 0.3) is 0 Å². The van der Waals surface area contributed by atoms with E-state index >= 15 is 0 Å². The summed E-state index contributed by atoms with van der Waals surface area (Å²) in [5.74, 6) is 0.328. The number of nitrogens with zero attached hydrogens (tertiary/aromatic N) is 4. The van der Waals surface area contributed by atoms with Gasteiger partial charge in [-0.1, -0.05) is 6.07 Å². The molecule has 11 heteroatoms. The minimum absolute atomic E-state index is 0.106. The monoisotopic (exact) mass is 476 g/mol. The molecule has 1 aromatic heterocycles. The maximum absolute atomic E-state index is 12.6. The van der Waals surface area contributed by atoms with Crippen molar-refractivity contribution in [2.24, 2.45) is 4.99 Å². The molecular formula is C21H28N6O3S2. The summed E-state index contributed by atoms with van der Waals surface area (Å²) in [5.41, 5.74) is 1.49. The average molecular weight is 477 g/mol. The molecule has 0 unspecified atom stereocenters. The maximum Gasteiger partial charge on any atom is 0.262 e. The Morgan fingerprint density at radius 3 is 2.81 bits per heavy atom. The van der Waals surface area contributed by atoms with Gasteiger partial charge in [0.25, 0.3) is 10.0 Å². The highest BCUT2D eigenvalue weighted by Gasteiger charge is 2.21. The Balaban J connectivity index is 1.32. The zero-order valence-electron chi connectivity index (χ0n) is 18.1. The largest absolute Gasteiger partial charge is 0.347 e. The summed E-state index contributed by atoms with van der Waals surface area (Å²) in [6, 6.07) is 6.31. The summed E-state index contributed by atoms with van der Waals surface area (Å²) in [6.07, 6.45) is 2.44. The maximum atomic E-state index is 12.6. The molecular weight excluding hydrogens is 448 g/mol. The molecule has 3 heterocycles. The molecule has 0 saturated carbocycles. The van der Waals surface area contributed by atoms with Gasteiger partial charge in [-0.2, -0.15) is 0 Å². The molecule has 32 heavy (non-hydrogen) atoms. The number of sulfonamides is 1. The number of aliphatic imine (C=N–C) groups is 1. The van der Waals surface area contributed by atoms with E-state index in [1.807, 2.05) is 6.92 Å². The molecule has 0 spiro atoms. The molecule has 2 N–H and O–H groups in total. The van der Waals surface area contributed by atoms with E-state index in [4.69, 9.17) is 0 Å². The lowest BCUT2D eigenvalue weighted by molar-refractivity contribution is -0.117. The first-order valence-electron chi connectivity index (χ1n) is 10.7. The lowest BCUT2D eigenvalue weighted by Gasteiger charge is -2.21. The van der Waals surface area contributed by atoms with E-state index in [2.05, 4.69) is 35.2 Å². The summed E-state index contributed by atoms with van der Waals surface area (Å²) < 4.78 is 27.8. The van der Waals surface area contributed by atoms with Crippen LogP contribution in [0.1, 0.15) is 25.0 Å². The number of amides is 1. The van der Waals surface area contributed by atoms with Crippen molar-refractivity contribution in [1.82, 2.24) is 14.6 Å². The van der Waals surface area contributed by atoms with Crippen molar-refractivity contribution < 1.29 is 13.2 Å². The second-order valence-electron chi connectivity index (χ2n) is 8.00. The molecule has 1 aromatic carbocycles. The lowest BCUT2D eigenvalue weighted by atomic mass is 10.3. The number of carbonyl (C=O) groups excluding carboxylic acids is 1. The summed E-state index contributed by atoms with van der Waals surface area (Å²) >= 11 is 1.65. The number of carbonyl (C=O) groups is 1. The van der Waals surface area contributed by atoms with Crippen molar-refractivity contribution in [2.75, 3.05) is 49.5 Å². The van der Waals surface area contributed by atoms with Crippen molar-refractivity contribution in [3.05, 3.63) is 35.3 Å². The molecule has 1 fully saturated rings. The number of aryl methyl sites for hydroxylation is 1. The number of hydrogen-bond acceptors (Lipinski definition) is 8. The zero-order valence-corrected chi connectivity index (χ0v) is 19.7. The summed E-state index contributed by atoms with van der Waals surface area (Å²) in [5, 5.41) is 5.92. The van der Waals surface area contributed by atoms with Crippen LogP contribution in [0.3, 0.4) is 0 Å². The number of anilines is 2. The number of nitrogens with one attached hydrogen (secondary N) is 2. The van der Waals surface area contributed by atoms with Gasteiger partial charge < -0.3 is 10.2 Å². The second-order valence-corrected chi connectivity index (χ2v) is 10.5. The van der Waals surface area contributed by atoms with E-state index in [9.17, 15) is 13.2 Å². The zero-order chi connectivity index (χ0) is 22.6. The van der Waals surface area contributed by atoms with Crippen molar-refractivity contribution in [3.63, 3.8) is 0 Å². The molecule has 2 aliphatic heterocycles. The fourth-order valence-corrected chi connectivity index (χ4v) is 5.78. The van der Waals surface area contributed by atoms with E-state index in [-0.39, 0.29) is 17.3 Å². The molecule has 0 radical (unpaired) electrons. The van der Waals surface area contributed by atoms with Crippen LogP contribution in [-0.2, 0) is 14.8 Å². The highest BCUT2D eigenvalue weighted by atomic mass is 32.2. The van der Waals surface area contributed by atoms with Gasteiger partial charge in [-0.25, -0.2) is 13.4 Å². The van der Waals surface area contributed by atoms with Gasteiger partial charge in [-0.15, -0.1) is 11.3 Å². The molecule has 0 aliphatic carbocycles. The molecule has 2 aromatic rings. The van der Waals surface area contributed by atoms with Crippen LogP contribution < -0.4 is 14.9 Å². The Morgan fingerprint density at radius 2 is 2.06 bits per heavy atom. The Bertz CT molecular complexity index is 1100. The van der Waals surface area contributed by atoms with Gasteiger partial charge in [0.15, 0.2) is 5.13 Å². The number of benzene rings is 1. The number of rotatable bonds is 6. The summed E-state index contributed by atoms with van der Waals surface area (Å²) in [4.78, 5) is 25.8. The third-order valence-corrected chi connectivity index (χ3v) is 7.79. The van der Waals surface area contributed by atoms with Crippen LogP contribution in [0.2, 0.25) is 0 Å². The Labute approximate surface area is 192 Å². The predicted octanol–water partition coefficient (Wildman–Crippen LogP) is 2.07. The molecule has 1 saturated heterocycles. The minimum Gasteiger partial charge on any atom is -0.347 e. The van der Waals surface area contributed by atoms with Gasteiger partial charge in [-0.3, -0.25) is 19.4 Å². The third-order valence-electron chi connectivity index (χ3n) is 5.39. The van der Waals surface area contributed by atoms with Crippen LogP contribution >= 0.6 is 11.3 Å². The molecule has 4 rings (SSSR count). The van der Waals surface area contributed by atoms with Gasteiger partial charge in [0.2, 0.25) is 5.91 Å². The van der Waals surface area contributed by atoms with Crippen molar-refractivity contribution >= 4 is 43.9 Å². The van der Waals surface area contributed by atoms with Gasteiger partial charge in [-0.05, 0) is 38.0 Å². The fourth-order valence-electron chi connectivity index (χ4n) is 3.79. The number of amidine groups is 1. The number of hydrogen-bond donors (Lipinski definition) is 2. The summed E-state index contributed by atoms with van der Waals surface area (Å²) in [7, 11) is -3.72. The first-order valence-corrected chi connectivity index (χ1v) is 13.1. The van der Waals surface area contributed by atoms with Crippen molar-refractivity contribution in [1.29, 1.82) is 0 Å². The second kappa shape index (κ2) is 9.97. The molecule has 172 valence electrons. The first-order chi connectivity index (χ1) is 15.4. The number of aromatic nitrogens is 1. The van der Waals surface area contributed by atoms with Crippen molar-refractivity contribution in [2.45, 2.75) is 31.1 Å².